The van der Waals surface area contributed by atoms with Crippen LogP contribution in [-0.4, -0.2) is 22.0 Å². The van der Waals surface area contributed by atoms with Crippen molar-refractivity contribution < 1.29 is 9.66 Å². The molecule has 0 spiro atoms. The van der Waals surface area contributed by atoms with Crippen LogP contribution in [0, 0.1) is 10.1 Å². The summed E-state index contributed by atoms with van der Waals surface area (Å²) in [7, 11) is 1.27. The number of H-pyrrole nitrogens is 2. The van der Waals surface area contributed by atoms with E-state index in [0.29, 0.717) is 4.47 Å². The Morgan fingerprint density at radius 1 is 1.33 bits per heavy atom. The number of fused-ring (bicyclic) bond motifs is 1. The zero-order valence-corrected chi connectivity index (χ0v) is 10.5. The predicted molar refractivity (Wildman–Crippen MR) is 66.1 cm³/mol. The maximum absolute atomic E-state index is 11.2. The molecule has 18 heavy (non-hydrogen) atoms. The first-order valence-corrected chi connectivity index (χ1v) is 5.42. The minimum Gasteiger partial charge on any atom is -0.489 e. The Hall–Kier alpha value is -2.16. The number of aromatic nitrogens is 2. The number of hydrogen-bond acceptors (Lipinski definition) is 5. The third-order valence-electron chi connectivity index (χ3n) is 2.29. The molecule has 0 atom stereocenters. The first kappa shape index (κ1) is 12.3. The first-order chi connectivity index (χ1) is 8.45. The van der Waals surface area contributed by atoms with Gasteiger partial charge in [-0.1, -0.05) is 0 Å². The molecule has 0 bridgehead atoms. The third kappa shape index (κ3) is 1.78. The molecule has 8 nitrogen and oxygen atoms in total. The Kier molecular flexibility index (Phi) is 2.91. The van der Waals surface area contributed by atoms with Crippen molar-refractivity contribution in [2.45, 2.75) is 0 Å². The van der Waals surface area contributed by atoms with Crippen molar-refractivity contribution in [3.8, 4) is 5.75 Å². The van der Waals surface area contributed by atoms with Crippen molar-refractivity contribution in [1.82, 2.24) is 9.97 Å². The first-order valence-electron chi connectivity index (χ1n) is 4.63. The molecule has 0 unspecified atom stereocenters. The number of nitrogens with one attached hydrogen (secondary N) is 2. The van der Waals surface area contributed by atoms with Crippen LogP contribution in [0.3, 0.4) is 0 Å². The van der Waals surface area contributed by atoms with Crippen molar-refractivity contribution in [1.29, 1.82) is 0 Å². The Morgan fingerprint density at radius 3 is 2.50 bits per heavy atom. The number of nitro benzene ring substituents is 1. The summed E-state index contributed by atoms with van der Waals surface area (Å²) in [5.74, 6) is -0.0322. The van der Waals surface area contributed by atoms with Gasteiger partial charge in [0.25, 0.3) is 0 Å². The van der Waals surface area contributed by atoms with Crippen LogP contribution in [-0.2, 0) is 0 Å². The van der Waals surface area contributed by atoms with Gasteiger partial charge in [-0.2, -0.15) is 0 Å². The second-order valence-electron chi connectivity index (χ2n) is 3.33. The Morgan fingerprint density at radius 2 is 1.94 bits per heavy atom. The number of rotatable bonds is 2. The molecule has 0 radical (unpaired) electrons. The molecule has 1 heterocycles. The van der Waals surface area contributed by atoms with Crippen LogP contribution in [0.4, 0.5) is 5.69 Å². The van der Waals surface area contributed by atoms with Gasteiger partial charge in [-0.3, -0.25) is 19.7 Å². The summed E-state index contributed by atoms with van der Waals surface area (Å²) in [6.07, 6.45) is 0. The van der Waals surface area contributed by atoms with E-state index in [1.807, 2.05) is 0 Å². The average Bonchev–Trinajstić information content (AvgIpc) is 2.29. The third-order valence-corrected chi connectivity index (χ3v) is 2.88. The van der Waals surface area contributed by atoms with Crippen LogP contribution < -0.4 is 15.9 Å². The smallest absolute Gasteiger partial charge is 0.337 e. The molecule has 0 amide bonds. The van der Waals surface area contributed by atoms with Crippen LogP contribution in [0.25, 0.3) is 11.0 Å². The quantitative estimate of drug-likeness (QED) is 0.485. The molecule has 0 aliphatic heterocycles. The number of halogens is 1. The normalized spacial score (nSPS) is 10.6. The lowest BCUT2D eigenvalue weighted by atomic mass is 10.2. The standard InChI is InChI=1S/C9H6BrN3O5/c1-18-7-3(10)2-4-5(6(7)13(16)17)12-9(15)8(14)11-4/h2H,1H3,(H,11,14)(H,12,15). The lowest BCUT2D eigenvalue weighted by Gasteiger charge is -2.06. The molecular weight excluding hydrogens is 310 g/mol. The van der Waals surface area contributed by atoms with Gasteiger partial charge in [0.2, 0.25) is 5.75 Å². The molecule has 1 aromatic heterocycles. The Labute approximate surface area is 107 Å². The summed E-state index contributed by atoms with van der Waals surface area (Å²) in [6.45, 7) is 0. The van der Waals surface area contributed by atoms with Gasteiger partial charge in [0.1, 0.15) is 5.52 Å². The fourth-order valence-corrected chi connectivity index (χ4v) is 2.14. The molecule has 0 aliphatic carbocycles. The van der Waals surface area contributed by atoms with Crippen molar-refractivity contribution in [2.24, 2.45) is 0 Å². The molecule has 0 fully saturated rings. The summed E-state index contributed by atoms with van der Waals surface area (Å²) in [6, 6.07) is 1.42. The highest BCUT2D eigenvalue weighted by Gasteiger charge is 2.24. The molecule has 0 saturated heterocycles. The van der Waals surface area contributed by atoms with Crippen molar-refractivity contribution in [2.75, 3.05) is 7.11 Å². The van der Waals surface area contributed by atoms with Gasteiger partial charge in [-0.15, -0.1) is 0 Å². The van der Waals surface area contributed by atoms with E-state index < -0.39 is 21.7 Å². The SMILES string of the molecule is COc1c(Br)cc2[nH]c(=O)c(=O)[nH]c2c1[N+](=O)[O-]. The summed E-state index contributed by atoms with van der Waals surface area (Å²) >= 11 is 3.10. The highest BCUT2D eigenvalue weighted by molar-refractivity contribution is 9.10. The van der Waals surface area contributed by atoms with Gasteiger partial charge in [0.05, 0.1) is 22.0 Å². The zero-order chi connectivity index (χ0) is 13.4. The van der Waals surface area contributed by atoms with Crippen LogP contribution in [0.2, 0.25) is 0 Å². The maximum Gasteiger partial charge on any atom is 0.337 e. The fourth-order valence-electron chi connectivity index (χ4n) is 1.56. The maximum atomic E-state index is 11.2. The minimum absolute atomic E-state index is 0.0322. The van der Waals surface area contributed by atoms with Gasteiger partial charge >= 0.3 is 16.8 Å². The predicted octanol–water partition coefficient (Wildman–Crippen LogP) is 0.896. The summed E-state index contributed by atoms with van der Waals surface area (Å²) in [5, 5.41) is 11.0. The van der Waals surface area contributed by atoms with E-state index in [4.69, 9.17) is 4.74 Å². The van der Waals surface area contributed by atoms with E-state index in [1.165, 1.54) is 13.2 Å². The van der Waals surface area contributed by atoms with E-state index in [2.05, 4.69) is 25.9 Å². The van der Waals surface area contributed by atoms with Gasteiger partial charge in [0.15, 0.2) is 0 Å². The number of benzene rings is 1. The number of methoxy groups -OCH3 is 1. The molecule has 2 rings (SSSR count). The minimum atomic E-state index is -0.963. The second kappa shape index (κ2) is 4.26. The number of nitrogens with zero attached hydrogens (tertiary/aromatic N) is 1. The summed E-state index contributed by atoms with van der Waals surface area (Å²) < 4.78 is 5.21. The summed E-state index contributed by atoms with van der Waals surface area (Å²) in [5.41, 5.74) is -2.22. The Balaban J connectivity index is 3.06. The van der Waals surface area contributed by atoms with Crippen LogP contribution in [0.1, 0.15) is 0 Å². The second-order valence-corrected chi connectivity index (χ2v) is 4.18. The molecular formula is C9H6BrN3O5. The van der Waals surface area contributed by atoms with E-state index in [9.17, 15) is 19.7 Å². The molecule has 1 aromatic carbocycles. The monoisotopic (exact) mass is 315 g/mol. The molecule has 0 aliphatic rings. The number of ether oxygens (including phenoxy) is 1. The number of hydrogen-bond donors (Lipinski definition) is 2. The van der Waals surface area contributed by atoms with E-state index >= 15 is 0 Å². The van der Waals surface area contributed by atoms with Crippen molar-refractivity contribution in [3.63, 3.8) is 0 Å². The highest BCUT2D eigenvalue weighted by atomic mass is 79.9. The molecule has 2 N–H and O–H groups in total. The lowest BCUT2D eigenvalue weighted by molar-refractivity contribution is -0.384. The number of nitro groups is 1. The van der Waals surface area contributed by atoms with Crippen LogP contribution in [0.15, 0.2) is 20.1 Å². The fraction of sp³-hybridized carbons (Fsp3) is 0.111. The molecule has 0 saturated carbocycles. The Bertz CT molecular complexity index is 763. The number of aromatic amines is 2. The summed E-state index contributed by atoms with van der Waals surface area (Å²) in [4.78, 5) is 37.1. The molecule has 9 heteroatoms. The largest absolute Gasteiger partial charge is 0.489 e. The van der Waals surface area contributed by atoms with Crippen molar-refractivity contribution >= 4 is 32.7 Å². The van der Waals surface area contributed by atoms with Gasteiger partial charge in [-0.25, -0.2) is 0 Å². The molecule has 2 aromatic rings. The zero-order valence-electron chi connectivity index (χ0n) is 8.94. The van der Waals surface area contributed by atoms with Crippen LogP contribution >= 0.6 is 15.9 Å². The van der Waals surface area contributed by atoms with E-state index in [1.54, 1.807) is 0 Å². The molecule has 94 valence electrons. The topological polar surface area (TPSA) is 118 Å². The van der Waals surface area contributed by atoms with Crippen LogP contribution in [0.5, 0.6) is 5.75 Å². The lowest BCUT2D eigenvalue weighted by Crippen LogP contribution is -2.29. The van der Waals surface area contributed by atoms with Crippen molar-refractivity contribution in [3.05, 3.63) is 41.4 Å². The van der Waals surface area contributed by atoms with E-state index in [0.717, 1.165) is 0 Å². The van der Waals surface area contributed by atoms with E-state index in [-0.39, 0.29) is 16.8 Å². The highest BCUT2D eigenvalue weighted by Crippen LogP contribution is 2.39. The van der Waals surface area contributed by atoms with Gasteiger partial charge in [-0.05, 0) is 22.0 Å². The van der Waals surface area contributed by atoms with Gasteiger partial charge < -0.3 is 14.7 Å². The van der Waals surface area contributed by atoms with Gasteiger partial charge in [0, 0.05) is 0 Å². The average molecular weight is 316 g/mol.